The largest absolute Gasteiger partial charge is 0.493 e. The van der Waals surface area contributed by atoms with E-state index in [1.165, 1.54) is 32.4 Å². The van der Waals surface area contributed by atoms with Crippen LogP contribution in [-0.2, 0) is 14.4 Å². The van der Waals surface area contributed by atoms with Gasteiger partial charge in [0.1, 0.15) is 5.57 Å². The molecule has 4 rings (SSSR count). The second kappa shape index (κ2) is 14.3. The molecule has 0 atom stereocenters. The fourth-order valence-electron chi connectivity index (χ4n) is 4.34. The molecule has 0 radical (unpaired) electrons. The molecule has 0 aromatic heterocycles. The highest BCUT2D eigenvalue weighted by atomic mass is 127. The standard InChI is InChI=1S/C32H32IN3O8/c1-6-11-43-25-10-9-21(16-26(25)41-4)36-31(39)22(30(38)35-32(36)40)13-20-14-23(33)29(27(15-20)42-5)44-17-28(37)34-24-12-18(2)7-8-19(24)3/h7-10,12-16H,6,11,17H2,1-5H3,(H,34,37)(H,35,38,40)/b22-13-. The first-order valence-corrected chi connectivity index (χ1v) is 14.7. The van der Waals surface area contributed by atoms with E-state index >= 15 is 0 Å². The van der Waals surface area contributed by atoms with Gasteiger partial charge in [-0.3, -0.25) is 19.7 Å². The van der Waals surface area contributed by atoms with Gasteiger partial charge in [0.05, 0.1) is 30.1 Å². The molecule has 1 aliphatic rings. The second-order valence-corrected chi connectivity index (χ2v) is 11.0. The number of rotatable bonds is 11. The van der Waals surface area contributed by atoms with E-state index in [1.807, 2.05) is 61.6 Å². The minimum Gasteiger partial charge on any atom is -0.493 e. The highest BCUT2D eigenvalue weighted by Gasteiger charge is 2.37. The number of nitrogens with zero attached hydrogens (tertiary/aromatic N) is 1. The van der Waals surface area contributed by atoms with Crippen LogP contribution in [0.25, 0.3) is 6.08 Å². The molecule has 12 heteroatoms. The van der Waals surface area contributed by atoms with Crippen molar-refractivity contribution in [1.29, 1.82) is 0 Å². The molecule has 0 saturated carbocycles. The van der Waals surface area contributed by atoms with Gasteiger partial charge in [-0.15, -0.1) is 0 Å². The Labute approximate surface area is 268 Å². The number of imide groups is 2. The number of nitrogens with one attached hydrogen (secondary N) is 2. The summed E-state index contributed by atoms with van der Waals surface area (Å²) >= 11 is 2.01. The van der Waals surface area contributed by atoms with Crippen molar-refractivity contribution >= 4 is 63.8 Å². The van der Waals surface area contributed by atoms with E-state index in [4.69, 9.17) is 18.9 Å². The van der Waals surface area contributed by atoms with Crippen LogP contribution < -0.4 is 34.5 Å². The van der Waals surface area contributed by atoms with Crippen molar-refractivity contribution in [3.63, 3.8) is 0 Å². The summed E-state index contributed by atoms with van der Waals surface area (Å²) in [6.45, 7) is 5.99. The molecule has 0 aliphatic carbocycles. The first kappa shape index (κ1) is 32.3. The summed E-state index contributed by atoms with van der Waals surface area (Å²) in [5.74, 6) is -0.618. The number of halogens is 1. The number of barbiturate groups is 1. The van der Waals surface area contributed by atoms with E-state index in [-0.39, 0.29) is 29.5 Å². The molecule has 1 fully saturated rings. The number of methoxy groups -OCH3 is 2. The van der Waals surface area contributed by atoms with Gasteiger partial charge in [-0.25, -0.2) is 9.69 Å². The zero-order valence-corrected chi connectivity index (χ0v) is 27.1. The molecule has 3 aromatic rings. The SMILES string of the molecule is CCCOc1ccc(N2C(=O)NC(=O)/C(=C/c3cc(I)c(OCC(=O)Nc4cc(C)ccc4C)c(OC)c3)C2=O)cc1OC. The molecule has 0 spiro atoms. The molecular formula is C32H32IN3O8. The average Bonchev–Trinajstić information content (AvgIpc) is 2.99. The highest BCUT2D eigenvalue weighted by Crippen LogP contribution is 2.36. The number of aryl methyl sites for hydroxylation is 2. The summed E-state index contributed by atoms with van der Waals surface area (Å²) in [5, 5.41) is 5.06. The molecule has 11 nitrogen and oxygen atoms in total. The van der Waals surface area contributed by atoms with Crippen molar-refractivity contribution in [2.75, 3.05) is 37.7 Å². The third-order valence-electron chi connectivity index (χ3n) is 6.55. The molecule has 44 heavy (non-hydrogen) atoms. The summed E-state index contributed by atoms with van der Waals surface area (Å²) in [7, 11) is 2.89. The number of ether oxygens (including phenoxy) is 4. The van der Waals surface area contributed by atoms with Gasteiger partial charge >= 0.3 is 6.03 Å². The van der Waals surface area contributed by atoms with Crippen LogP contribution >= 0.6 is 22.6 Å². The van der Waals surface area contributed by atoms with E-state index in [2.05, 4.69) is 10.6 Å². The normalized spacial score (nSPS) is 13.9. The zero-order valence-electron chi connectivity index (χ0n) is 24.9. The van der Waals surface area contributed by atoms with Crippen molar-refractivity contribution in [2.24, 2.45) is 0 Å². The number of hydrogen-bond donors (Lipinski definition) is 2. The van der Waals surface area contributed by atoms with Crippen molar-refractivity contribution in [1.82, 2.24) is 5.32 Å². The first-order valence-electron chi connectivity index (χ1n) is 13.7. The lowest BCUT2D eigenvalue weighted by molar-refractivity contribution is -0.122. The van der Waals surface area contributed by atoms with E-state index < -0.39 is 17.8 Å². The number of anilines is 2. The Kier molecular flexibility index (Phi) is 10.5. The summed E-state index contributed by atoms with van der Waals surface area (Å²) in [6, 6.07) is 12.7. The van der Waals surface area contributed by atoms with Gasteiger partial charge in [0.15, 0.2) is 29.6 Å². The van der Waals surface area contributed by atoms with Gasteiger partial charge in [0, 0.05) is 11.8 Å². The van der Waals surface area contributed by atoms with Gasteiger partial charge in [-0.05, 0) is 96.0 Å². The molecule has 3 aromatic carbocycles. The van der Waals surface area contributed by atoms with Crippen molar-refractivity contribution in [2.45, 2.75) is 27.2 Å². The topological polar surface area (TPSA) is 132 Å². The molecule has 230 valence electrons. The number of benzene rings is 3. The molecule has 0 unspecified atom stereocenters. The Balaban J connectivity index is 1.57. The maximum absolute atomic E-state index is 13.5. The van der Waals surface area contributed by atoms with Gasteiger partial charge < -0.3 is 24.3 Å². The monoisotopic (exact) mass is 713 g/mol. The smallest absolute Gasteiger partial charge is 0.335 e. The Hall–Kier alpha value is -4.59. The fraction of sp³-hybridized carbons (Fsp3) is 0.250. The van der Waals surface area contributed by atoms with Crippen LogP contribution in [0.4, 0.5) is 16.2 Å². The maximum Gasteiger partial charge on any atom is 0.335 e. The van der Waals surface area contributed by atoms with Gasteiger partial charge in [-0.1, -0.05) is 19.1 Å². The molecule has 1 aliphatic heterocycles. The Bertz CT molecular complexity index is 1650. The fourth-order valence-corrected chi connectivity index (χ4v) is 5.12. The zero-order chi connectivity index (χ0) is 32.0. The van der Waals surface area contributed by atoms with E-state index in [0.717, 1.165) is 22.4 Å². The van der Waals surface area contributed by atoms with Crippen LogP contribution in [0.2, 0.25) is 0 Å². The first-order chi connectivity index (χ1) is 21.1. The van der Waals surface area contributed by atoms with Crippen LogP contribution in [0.1, 0.15) is 30.0 Å². The average molecular weight is 714 g/mol. The maximum atomic E-state index is 13.5. The summed E-state index contributed by atoms with van der Waals surface area (Å²) in [6.07, 6.45) is 2.14. The number of carbonyl (C=O) groups excluding carboxylic acids is 4. The molecule has 1 saturated heterocycles. The lowest BCUT2D eigenvalue weighted by atomic mass is 10.1. The lowest BCUT2D eigenvalue weighted by Gasteiger charge is -2.27. The summed E-state index contributed by atoms with van der Waals surface area (Å²) in [4.78, 5) is 52.5. The Morgan fingerprint density at radius 3 is 2.41 bits per heavy atom. The van der Waals surface area contributed by atoms with Gasteiger partial charge in [0.25, 0.3) is 17.7 Å². The molecular weight excluding hydrogens is 681 g/mol. The van der Waals surface area contributed by atoms with Crippen molar-refractivity contribution < 1.29 is 38.1 Å². The Morgan fingerprint density at radius 2 is 1.70 bits per heavy atom. The number of amides is 5. The lowest BCUT2D eigenvalue weighted by Crippen LogP contribution is -2.54. The van der Waals surface area contributed by atoms with E-state index in [1.54, 1.807) is 18.2 Å². The molecule has 5 amide bonds. The molecule has 0 bridgehead atoms. The predicted octanol–water partition coefficient (Wildman–Crippen LogP) is 5.40. The number of hydrogen-bond acceptors (Lipinski definition) is 8. The van der Waals surface area contributed by atoms with E-state index in [0.29, 0.717) is 38.7 Å². The molecule has 2 N–H and O–H groups in total. The highest BCUT2D eigenvalue weighted by molar-refractivity contribution is 14.1. The number of carbonyl (C=O) groups is 4. The minimum absolute atomic E-state index is 0.196. The summed E-state index contributed by atoms with van der Waals surface area (Å²) in [5.41, 5.74) is 3.00. The van der Waals surface area contributed by atoms with Crippen molar-refractivity contribution in [3.8, 4) is 23.0 Å². The third-order valence-corrected chi connectivity index (χ3v) is 7.35. The minimum atomic E-state index is -0.892. The Morgan fingerprint density at radius 1 is 0.955 bits per heavy atom. The van der Waals surface area contributed by atoms with Gasteiger partial charge in [0.2, 0.25) is 0 Å². The number of urea groups is 1. The van der Waals surface area contributed by atoms with Crippen LogP contribution in [0.15, 0.2) is 54.1 Å². The predicted molar refractivity (Wildman–Crippen MR) is 174 cm³/mol. The quantitative estimate of drug-likeness (QED) is 0.154. The van der Waals surface area contributed by atoms with Gasteiger partial charge in [-0.2, -0.15) is 0 Å². The van der Waals surface area contributed by atoms with Crippen LogP contribution in [0, 0.1) is 17.4 Å². The summed E-state index contributed by atoms with van der Waals surface area (Å²) < 4.78 is 22.9. The van der Waals surface area contributed by atoms with E-state index in [9.17, 15) is 19.2 Å². The third kappa shape index (κ3) is 7.30. The van der Waals surface area contributed by atoms with Crippen LogP contribution in [0.5, 0.6) is 23.0 Å². The van der Waals surface area contributed by atoms with Crippen molar-refractivity contribution in [3.05, 3.63) is 74.4 Å². The van der Waals surface area contributed by atoms with Crippen LogP contribution in [-0.4, -0.2) is 51.2 Å². The second-order valence-electron chi connectivity index (χ2n) is 9.83. The molecule has 1 heterocycles. The van der Waals surface area contributed by atoms with Crippen LogP contribution in [0.3, 0.4) is 0 Å².